The van der Waals surface area contributed by atoms with Crippen LogP contribution in [0, 0.1) is 5.82 Å². The molecule has 156 valence electrons. The third kappa shape index (κ3) is 4.15. The Bertz CT molecular complexity index is 1480. The van der Waals surface area contributed by atoms with E-state index in [2.05, 4.69) is 9.97 Å². The fraction of sp³-hybridized carbons (Fsp3) is 0.0385. The minimum Gasteiger partial charge on any atom is -0.422 e. The molecule has 0 unspecified atom stereocenters. The van der Waals surface area contributed by atoms with E-state index in [-0.39, 0.29) is 5.82 Å². The maximum Gasteiger partial charge on any atom is 0.345 e. The van der Waals surface area contributed by atoms with Crippen LogP contribution in [0.3, 0.4) is 0 Å². The van der Waals surface area contributed by atoms with Crippen molar-refractivity contribution in [2.24, 2.45) is 0 Å². The molecule has 0 saturated carbocycles. The topological polar surface area (TPSA) is 56.0 Å². The summed E-state index contributed by atoms with van der Waals surface area (Å²) in [5.74, 6) is 0.200. The van der Waals surface area contributed by atoms with Crippen LogP contribution >= 0.6 is 11.6 Å². The lowest BCUT2D eigenvalue weighted by Crippen LogP contribution is -2.07. The van der Waals surface area contributed by atoms with Gasteiger partial charge < -0.3 is 4.42 Å². The Labute approximate surface area is 188 Å². The molecule has 5 rings (SSSR count). The van der Waals surface area contributed by atoms with E-state index in [0.717, 1.165) is 16.5 Å². The lowest BCUT2D eigenvalue weighted by Gasteiger charge is -2.09. The van der Waals surface area contributed by atoms with Crippen LogP contribution in [-0.2, 0) is 6.42 Å². The SMILES string of the molecule is O=c1oc2ccccc2cc1-c1cc(-c2ccc(Cl)cc2)nc(Cc2ccc(F)cc2)n1. The molecule has 6 heteroatoms. The first kappa shape index (κ1) is 20.1. The molecule has 0 fully saturated rings. The van der Waals surface area contributed by atoms with Gasteiger partial charge in [0.25, 0.3) is 0 Å². The van der Waals surface area contributed by atoms with Crippen molar-refractivity contribution in [2.75, 3.05) is 0 Å². The van der Waals surface area contributed by atoms with Crippen molar-refractivity contribution in [1.29, 1.82) is 0 Å². The molecule has 0 atom stereocenters. The zero-order valence-corrected chi connectivity index (χ0v) is 17.5. The Morgan fingerprint density at radius 3 is 2.34 bits per heavy atom. The van der Waals surface area contributed by atoms with Crippen LogP contribution in [0.2, 0.25) is 5.02 Å². The predicted octanol–water partition coefficient (Wildman–Crippen LogP) is 6.30. The first-order valence-electron chi connectivity index (χ1n) is 9.97. The first-order chi connectivity index (χ1) is 15.5. The fourth-order valence-electron chi connectivity index (χ4n) is 3.51. The summed E-state index contributed by atoms with van der Waals surface area (Å²) in [5.41, 5.74) is 3.19. The Kier molecular flexibility index (Phi) is 5.25. The Morgan fingerprint density at radius 2 is 1.56 bits per heavy atom. The molecule has 0 N–H and O–H groups in total. The number of aromatic nitrogens is 2. The highest BCUT2D eigenvalue weighted by Crippen LogP contribution is 2.26. The normalized spacial score (nSPS) is 11.1. The zero-order valence-electron chi connectivity index (χ0n) is 16.8. The molecule has 0 spiro atoms. The lowest BCUT2D eigenvalue weighted by atomic mass is 10.1. The maximum atomic E-state index is 13.3. The summed E-state index contributed by atoms with van der Waals surface area (Å²) in [7, 11) is 0. The molecule has 2 heterocycles. The van der Waals surface area contributed by atoms with Crippen molar-refractivity contribution in [3.63, 3.8) is 0 Å². The average molecular weight is 443 g/mol. The quantitative estimate of drug-likeness (QED) is 0.306. The molecule has 32 heavy (non-hydrogen) atoms. The molecule has 0 aliphatic rings. The van der Waals surface area contributed by atoms with Crippen molar-refractivity contribution in [3.8, 4) is 22.5 Å². The molecule has 4 nitrogen and oxygen atoms in total. The van der Waals surface area contributed by atoms with E-state index in [9.17, 15) is 9.18 Å². The van der Waals surface area contributed by atoms with Crippen LogP contribution in [0.5, 0.6) is 0 Å². The van der Waals surface area contributed by atoms with Gasteiger partial charge in [0.15, 0.2) is 0 Å². The summed E-state index contributed by atoms with van der Waals surface area (Å²) in [5, 5.41) is 1.42. The number of rotatable bonds is 4. The van der Waals surface area contributed by atoms with Gasteiger partial charge in [0.2, 0.25) is 0 Å². The van der Waals surface area contributed by atoms with Gasteiger partial charge in [-0.05, 0) is 48.0 Å². The molecule has 5 aromatic rings. The summed E-state index contributed by atoms with van der Waals surface area (Å²) in [6.07, 6.45) is 0.383. The standard InChI is InChI=1S/C26H16ClFN2O2/c27-19-9-7-17(8-10-19)22-15-23(21-14-18-3-1-2-4-24(18)32-26(21)31)30-25(29-22)13-16-5-11-20(28)12-6-16/h1-12,14-15H,13H2. The number of nitrogens with zero attached hydrogens (tertiary/aromatic N) is 2. The van der Waals surface area contributed by atoms with Gasteiger partial charge in [-0.1, -0.05) is 54.1 Å². The van der Waals surface area contributed by atoms with Crippen LogP contribution in [-0.4, -0.2) is 9.97 Å². The van der Waals surface area contributed by atoms with E-state index < -0.39 is 5.63 Å². The summed E-state index contributed by atoms with van der Waals surface area (Å²) >= 11 is 6.04. The third-order valence-corrected chi connectivity index (χ3v) is 5.36. The van der Waals surface area contributed by atoms with E-state index in [1.807, 2.05) is 30.3 Å². The van der Waals surface area contributed by atoms with E-state index >= 15 is 0 Å². The number of benzene rings is 3. The average Bonchev–Trinajstić information content (AvgIpc) is 2.80. The van der Waals surface area contributed by atoms with Crippen molar-refractivity contribution >= 4 is 22.6 Å². The van der Waals surface area contributed by atoms with Gasteiger partial charge >= 0.3 is 5.63 Å². The molecule has 2 aromatic heterocycles. The van der Waals surface area contributed by atoms with Crippen molar-refractivity contribution in [2.45, 2.75) is 6.42 Å². The van der Waals surface area contributed by atoms with E-state index in [4.69, 9.17) is 16.0 Å². The van der Waals surface area contributed by atoms with Gasteiger partial charge in [-0.2, -0.15) is 0 Å². The van der Waals surface area contributed by atoms with E-state index in [1.54, 1.807) is 42.5 Å². The highest BCUT2D eigenvalue weighted by molar-refractivity contribution is 6.30. The zero-order chi connectivity index (χ0) is 22.1. The third-order valence-electron chi connectivity index (χ3n) is 5.11. The van der Waals surface area contributed by atoms with Crippen molar-refractivity contribution < 1.29 is 8.81 Å². The molecule has 0 aliphatic heterocycles. The predicted molar refractivity (Wildman–Crippen MR) is 123 cm³/mol. The number of para-hydroxylation sites is 1. The fourth-order valence-corrected chi connectivity index (χ4v) is 3.63. The lowest BCUT2D eigenvalue weighted by molar-refractivity contribution is 0.563. The van der Waals surface area contributed by atoms with Crippen molar-refractivity contribution in [1.82, 2.24) is 9.97 Å². The maximum absolute atomic E-state index is 13.3. The largest absolute Gasteiger partial charge is 0.422 e. The molecular formula is C26H16ClFN2O2. The molecule has 0 aliphatic carbocycles. The molecule has 0 radical (unpaired) electrons. The smallest absolute Gasteiger partial charge is 0.345 e. The van der Waals surface area contributed by atoms with Gasteiger partial charge in [0.05, 0.1) is 17.0 Å². The minimum atomic E-state index is -0.475. The van der Waals surface area contributed by atoms with Crippen LogP contribution in [0.1, 0.15) is 11.4 Å². The second kappa shape index (κ2) is 8.36. The van der Waals surface area contributed by atoms with Crippen LogP contribution in [0.25, 0.3) is 33.5 Å². The number of hydrogen-bond donors (Lipinski definition) is 0. The molecule has 0 bridgehead atoms. The first-order valence-corrected chi connectivity index (χ1v) is 10.3. The van der Waals surface area contributed by atoms with Gasteiger partial charge in [-0.25, -0.2) is 19.2 Å². The van der Waals surface area contributed by atoms with E-state index in [0.29, 0.717) is 39.8 Å². The van der Waals surface area contributed by atoms with Gasteiger partial charge in [0, 0.05) is 22.4 Å². The number of halogens is 2. The number of fused-ring (bicyclic) bond motifs is 1. The Morgan fingerprint density at radius 1 is 0.844 bits per heavy atom. The number of hydrogen-bond acceptors (Lipinski definition) is 4. The van der Waals surface area contributed by atoms with E-state index in [1.165, 1.54) is 12.1 Å². The van der Waals surface area contributed by atoms with Crippen molar-refractivity contribution in [3.05, 3.63) is 118 Å². The van der Waals surface area contributed by atoms with Gasteiger partial charge in [-0.3, -0.25) is 0 Å². The minimum absolute atomic E-state index is 0.306. The van der Waals surface area contributed by atoms with Gasteiger partial charge in [0.1, 0.15) is 17.2 Å². The highest BCUT2D eigenvalue weighted by Gasteiger charge is 2.14. The summed E-state index contributed by atoms with van der Waals surface area (Å²) < 4.78 is 18.8. The molecular weight excluding hydrogens is 427 g/mol. The van der Waals surface area contributed by atoms with Crippen LogP contribution < -0.4 is 5.63 Å². The van der Waals surface area contributed by atoms with Crippen LogP contribution in [0.15, 0.2) is 94.1 Å². The monoisotopic (exact) mass is 442 g/mol. The molecule has 3 aromatic carbocycles. The second-order valence-corrected chi connectivity index (χ2v) is 7.79. The Hall–Kier alpha value is -3.83. The highest BCUT2D eigenvalue weighted by atomic mass is 35.5. The van der Waals surface area contributed by atoms with Crippen LogP contribution in [0.4, 0.5) is 4.39 Å². The summed E-state index contributed by atoms with van der Waals surface area (Å²) in [6, 6.07) is 24.3. The summed E-state index contributed by atoms with van der Waals surface area (Å²) in [6.45, 7) is 0. The molecule has 0 saturated heterocycles. The Balaban J connectivity index is 1.66. The second-order valence-electron chi connectivity index (χ2n) is 7.35. The van der Waals surface area contributed by atoms with Gasteiger partial charge in [-0.15, -0.1) is 0 Å². The molecule has 0 amide bonds. The summed E-state index contributed by atoms with van der Waals surface area (Å²) in [4.78, 5) is 22.1.